The second kappa shape index (κ2) is 3.72. The molecular weight excluding hydrogens is 200 g/mol. The van der Waals surface area contributed by atoms with Gasteiger partial charge in [-0.05, 0) is 17.5 Å². The normalized spacial score (nSPS) is 9.64. The number of aryl methyl sites for hydroxylation is 1. The molecule has 0 bridgehead atoms. The predicted octanol–water partition coefficient (Wildman–Crippen LogP) is 3.61. The summed E-state index contributed by atoms with van der Waals surface area (Å²) in [5.74, 6) is 0. The van der Waals surface area contributed by atoms with Crippen LogP contribution in [0.15, 0.2) is 30.8 Å². The zero-order chi connectivity index (χ0) is 8.27. The monoisotopic (exact) mass is 210 g/mol. The van der Waals surface area contributed by atoms with Crippen LogP contribution < -0.4 is 0 Å². The lowest BCUT2D eigenvalue weighted by atomic mass is 10.1. The van der Waals surface area contributed by atoms with E-state index in [9.17, 15) is 0 Å². The Balaban J connectivity index is 2.91. The van der Waals surface area contributed by atoms with Gasteiger partial charge in [-0.25, -0.2) is 0 Å². The first-order chi connectivity index (χ1) is 5.24. The van der Waals surface area contributed by atoms with Gasteiger partial charge in [0.2, 0.25) is 0 Å². The van der Waals surface area contributed by atoms with Gasteiger partial charge in [-0.2, -0.15) is 0 Å². The first-order valence-electron chi connectivity index (χ1n) is 3.67. The average Bonchev–Trinajstić information content (AvgIpc) is 2.05. The Morgan fingerprint density at radius 3 is 2.27 bits per heavy atom. The van der Waals surface area contributed by atoms with Crippen molar-refractivity contribution in [1.29, 1.82) is 0 Å². The molecule has 0 aliphatic carbocycles. The summed E-state index contributed by atoms with van der Waals surface area (Å²) < 4.78 is 0.945. The van der Waals surface area contributed by atoms with Crippen molar-refractivity contribution >= 4 is 20.4 Å². The molecule has 0 aromatic heterocycles. The molecule has 11 heavy (non-hydrogen) atoms. The van der Waals surface area contributed by atoms with Crippen LogP contribution in [-0.4, -0.2) is 0 Å². The zero-order valence-corrected chi connectivity index (χ0v) is 8.19. The van der Waals surface area contributed by atoms with Crippen LogP contribution in [0.1, 0.15) is 18.1 Å². The van der Waals surface area contributed by atoms with E-state index in [1.165, 1.54) is 5.56 Å². The molecule has 0 saturated heterocycles. The minimum atomic E-state index is 0.945. The highest BCUT2D eigenvalue weighted by molar-refractivity contribution is 9.15. The van der Waals surface area contributed by atoms with Crippen molar-refractivity contribution < 1.29 is 0 Å². The molecule has 0 aliphatic heterocycles. The van der Waals surface area contributed by atoms with Crippen LogP contribution in [0.25, 0.3) is 4.48 Å². The summed E-state index contributed by atoms with van der Waals surface area (Å²) in [7, 11) is 0. The fourth-order valence-electron chi connectivity index (χ4n) is 0.921. The van der Waals surface area contributed by atoms with Gasteiger partial charge in [-0.3, -0.25) is 0 Å². The molecule has 0 atom stereocenters. The van der Waals surface area contributed by atoms with E-state index in [-0.39, 0.29) is 0 Å². The smallest absolute Gasteiger partial charge is 0.0175 e. The van der Waals surface area contributed by atoms with Crippen molar-refractivity contribution in [1.82, 2.24) is 0 Å². The van der Waals surface area contributed by atoms with E-state index < -0.39 is 0 Å². The van der Waals surface area contributed by atoms with Crippen molar-refractivity contribution in [2.45, 2.75) is 13.3 Å². The van der Waals surface area contributed by atoms with Gasteiger partial charge in [0, 0.05) is 4.48 Å². The van der Waals surface area contributed by atoms with E-state index in [0.29, 0.717) is 0 Å². The highest BCUT2D eigenvalue weighted by Gasteiger charge is 1.93. The first kappa shape index (κ1) is 8.54. The standard InChI is InChI=1S/C10H11Br/c1-3-9-4-6-10(7-5-9)8(2)11/h4-7H,2-3H2,1H3. The molecule has 1 rings (SSSR count). The Morgan fingerprint density at radius 2 is 1.91 bits per heavy atom. The van der Waals surface area contributed by atoms with E-state index in [1.807, 2.05) is 0 Å². The zero-order valence-electron chi connectivity index (χ0n) is 6.60. The van der Waals surface area contributed by atoms with Gasteiger partial charge in [-0.1, -0.05) is 53.7 Å². The van der Waals surface area contributed by atoms with E-state index in [4.69, 9.17) is 0 Å². The molecule has 0 fully saturated rings. The maximum absolute atomic E-state index is 3.80. The second-order valence-corrected chi connectivity index (χ2v) is 3.41. The van der Waals surface area contributed by atoms with Crippen LogP contribution in [0.5, 0.6) is 0 Å². The minimum absolute atomic E-state index is 0.945. The average molecular weight is 211 g/mol. The van der Waals surface area contributed by atoms with Crippen LogP contribution >= 0.6 is 15.9 Å². The molecule has 0 radical (unpaired) electrons. The molecule has 0 saturated carbocycles. The quantitative estimate of drug-likeness (QED) is 0.700. The Kier molecular flexibility index (Phi) is 2.89. The molecule has 0 aliphatic rings. The third kappa shape index (κ3) is 2.19. The molecule has 0 amide bonds. The Morgan fingerprint density at radius 1 is 1.36 bits per heavy atom. The van der Waals surface area contributed by atoms with E-state index in [2.05, 4.69) is 53.7 Å². The molecule has 1 aromatic rings. The molecule has 0 N–H and O–H groups in total. The van der Waals surface area contributed by atoms with Gasteiger partial charge in [0.05, 0.1) is 0 Å². The van der Waals surface area contributed by atoms with E-state index >= 15 is 0 Å². The number of hydrogen-bond acceptors (Lipinski definition) is 0. The van der Waals surface area contributed by atoms with Gasteiger partial charge in [0.1, 0.15) is 0 Å². The Bertz CT molecular complexity index is 246. The number of benzene rings is 1. The van der Waals surface area contributed by atoms with Crippen LogP contribution in [0.2, 0.25) is 0 Å². The molecular formula is C10H11Br. The minimum Gasteiger partial charge on any atom is -0.0841 e. The molecule has 1 aromatic carbocycles. The summed E-state index contributed by atoms with van der Waals surface area (Å²) >= 11 is 3.33. The fourth-order valence-corrected chi connectivity index (χ4v) is 1.19. The summed E-state index contributed by atoms with van der Waals surface area (Å²) in [6.45, 7) is 5.95. The second-order valence-electron chi connectivity index (χ2n) is 2.46. The SMILES string of the molecule is C=C(Br)c1ccc(CC)cc1. The van der Waals surface area contributed by atoms with E-state index in [1.54, 1.807) is 0 Å². The Labute approximate surface area is 76.1 Å². The molecule has 0 heterocycles. The highest BCUT2D eigenvalue weighted by atomic mass is 79.9. The van der Waals surface area contributed by atoms with Crippen LogP contribution in [0.4, 0.5) is 0 Å². The highest BCUT2D eigenvalue weighted by Crippen LogP contribution is 2.18. The number of halogens is 1. The molecule has 58 valence electrons. The third-order valence-corrected chi connectivity index (χ3v) is 2.13. The molecule has 0 nitrogen and oxygen atoms in total. The number of rotatable bonds is 2. The van der Waals surface area contributed by atoms with Crippen LogP contribution in [-0.2, 0) is 6.42 Å². The molecule has 0 unspecified atom stereocenters. The maximum Gasteiger partial charge on any atom is 0.0175 e. The largest absolute Gasteiger partial charge is 0.0841 e. The van der Waals surface area contributed by atoms with Crippen molar-refractivity contribution in [3.63, 3.8) is 0 Å². The summed E-state index contributed by atoms with van der Waals surface area (Å²) in [6.07, 6.45) is 1.09. The van der Waals surface area contributed by atoms with Crippen molar-refractivity contribution in [2.24, 2.45) is 0 Å². The van der Waals surface area contributed by atoms with E-state index in [0.717, 1.165) is 16.5 Å². The lowest BCUT2D eigenvalue weighted by Gasteiger charge is -1.99. The van der Waals surface area contributed by atoms with Crippen molar-refractivity contribution in [3.8, 4) is 0 Å². The molecule has 1 heteroatoms. The Hall–Kier alpha value is -0.560. The summed E-state index contributed by atoms with van der Waals surface area (Å²) in [6, 6.07) is 8.41. The summed E-state index contributed by atoms with van der Waals surface area (Å²) in [5.41, 5.74) is 2.52. The van der Waals surface area contributed by atoms with Crippen molar-refractivity contribution in [3.05, 3.63) is 42.0 Å². The van der Waals surface area contributed by atoms with Gasteiger partial charge < -0.3 is 0 Å². The van der Waals surface area contributed by atoms with Gasteiger partial charge in [0.25, 0.3) is 0 Å². The summed E-state index contributed by atoms with van der Waals surface area (Å²) in [4.78, 5) is 0. The summed E-state index contributed by atoms with van der Waals surface area (Å²) in [5, 5.41) is 0. The van der Waals surface area contributed by atoms with Crippen molar-refractivity contribution in [2.75, 3.05) is 0 Å². The third-order valence-electron chi connectivity index (χ3n) is 1.68. The lowest BCUT2D eigenvalue weighted by Crippen LogP contribution is -1.80. The van der Waals surface area contributed by atoms with Gasteiger partial charge >= 0.3 is 0 Å². The number of hydrogen-bond donors (Lipinski definition) is 0. The van der Waals surface area contributed by atoms with Gasteiger partial charge in [0.15, 0.2) is 0 Å². The maximum atomic E-state index is 3.80. The topological polar surface area (TPSA) is 0 Å². The predicted molar refractivity (Wildman–Crippen MR) is 53.8 cm³/mol. The van der Waals surface area contributed by atoms with Crippen LogP contribution in [0, 0.1) is 0 Å². The fraction of sp³-hybridized carbons (Fsp3) is 0.200. The van der Waals surface area contributed by atoms with Gasteiger partial charge in [-0.15, -0.1) is 0 Å². The lowest BCUT2D eigenvalue weighted by molar-refractivity contribution is 1.14. The molecule has 0 spiro atoms. The van der Waals surface area contributed by atoms with Crippen LogP contribution in [0.3, 0.4) is 0 Å². The first-order valence-corrected chi connectivity index (χ1v) is 4.47.